The molecule has 0 radical (unpaired) electrons. The van der Waals surface area contributed by atoms with Gasteiger partial charge in [0.25, 0.3) is 5.91 Å². The zero-order valence-corrected chi connectivity index (χ0v) is 16.1. The SMILES string of the molecule is Cc1cc(C)c2c(CC(=O)Nc3ccc(C(=O)NCCC(=O)O)cc3)noc2c1. The van der Waals surface area contributed by atoms with Crippen LogP contribution in [0.1, 0.15) is 33.6 Å². The minimum atomic E-state index is -0.978. The van der Waals surface area contributed by atoms with E-state index in [2.05, 4.69) is 15.8 Å². The number of hydrogen-bond acceptors (Lipinski definition) is 5. The fourth-order valence-corrected chi connectivity index (χ4v) is 3.09. The van der Waals surface area contributed by atoms with Gasteiger partial charge in [0.2, 0.25) is 5.91 Å². The number of anilines is 1. The molecule has 150 valence electrons. The molecule has 0 unspecified atom stereocenters. The summed E-state index contributed by atoms with van der Waals surface area (Å²) in [6.45, 7) is 3.98. The zero-order valence-electron chi connectivity index (χ0n) is 16.1. The van der Waals surface area contributed by atoms with Crippen molar-refractivity contribution in [2.24, 2.45) is 0 Å². The average Bonchev–Trinajstić information content (AvgIpc) is 3.04. The maximum absolute atomic E-state index is 12.4. The van der Waals surface area contributed by atoms with Crippen LogP contribution in [0.4, 0.5) is 5.69 Å². The largest absolute Gasteiger partial charge is 0.481 e. The molecule has 29 heavy (non-hydrogen) atoms. The first-order valence-corrected chi connectivity index (χ1v) is 9.09. The lowest BCUT2D eigenvalue weighted by atomic mass is 10.0. The molecule has 3 rings (SSSR count). The highest BCUT2D eigenvalue weighted by atomic mass is 16.5. The Bertz CT molecular complexity index is 1070. The second kappa shape index (κ2) is 8.55. The van der Waals surface area contributed by atoms with Crippen LogP contribution in [0, 0.1) is 13.8 Å². The highest BCUT2D eigenvalue weighted by Crippen LogP contribution is 2.24. The number of carbonyl (C=O) groups is 3. The Labute approximate surface area is 166 Å². The van der Waals surface area contributed by atoms with E-state index in [0.29, 0.717) is 22.5 Å². The molecular weight excluding hydrogens is 374 g/mol. The maximum atomic E-state index is 12.4. The van der Waals surface area contributed by atoms with E-state index in [0.717, 1.165) is 16.5 Å². The molecule has 0 saturated heterocycles. The quantitative estimate of drug-likeness (QED) is 0.566. The van der Waals surface area contributed by atoms with Crippen LogP contribution < -0.4 is 10.6 Å². The van der Waals surface area contributed by atoms with E-state index in [1.165, 1.54) is 0 Å². The summed E-state index contributed by atoms with van der Waals surface area (Å²) < 4.78 is 5.34. The van der Waals surface area contributed by atoms with Crippen molar-refractivity contribution in [3.63, 3.8) is 0 Å². The van der Waals surface area contributed by atoms with E-state index < -0.39 is 5.97 Å². The summed E-state index contributed by atoms with van der Waals surface area (Å²) in [7, 11) is 0. The van der Waals surface area contributed by atoms with Crippen LogP contribution in [-0.4, -0.2) is 34.6 Å². The number of carboxylic acids is 1. The van der Waals surface area contributed by atoms with Crippen molar-refractivity contribution >= 4 is 34.4 Å². The Morgan fingerprint density at radius 3 is 2.52 bits per heavy atom. The number of hydrogen-bond donors (Lipinski definition) is 3. The predicted molar refractivity (Wildman–Crippen MR) is 107 cm³/mol. The minimum Gasteiger partial charge on any atom is -0.481 e. The van der Waals surface area contributed by atoms with E-state index in [-0.39, 0.29) is 31.2 Å². The maximum Gasteiger partial charge on any atom is 0.305 e. The number of aliphatic carboxylic acids is 1. The fraction of sp³-hybridized carbons (Fsp3) is 0.238. The first-order valence-electron chi connectivity index (χ1n) is 9.09. The van der Waals surface area contributed by atoms with Gasteiger partial charge in [-0.05, 0) is 55.3 Å². The molecule has 2 aromatic carbocycles. The summed E-state index contributed by atoms with van der Waals surface area (Å²) >= 11 is 0. The lowest BCUT2D eigenvalue weighted by Crippen LogP contribution is -2.26. The van der Waals surface area contributed by atoms with Gasteiger partial charge in [0.1, 0.15) is 5.69 Å². The van der Waals surface area contributed by atoms with Crippen molar-refractivity contribution in [3.8, 4) is 0 Å². The van der Waals surface area contributed by atoms with Crippen molar-refractivity contribution in [1.29, 1.82) is 0 Å². The van der Waals surface area contributed by atoms with E-state index in [1.54, 1.807) is 24.3 Å². The van der Waals surface area contributed by atoms with Gasteiger partial charge in [0.15, 0.2) is 5.58 Å². The van der Waals surface area contributed by atoms with Crippen molar-refractivity contribution in [2.45, 2.75) is 26.7 Å². The molecule has 0 bridgehead atoms. The number of carboxylic acid groups (broad SMARTS) is 1. The molecule has 1 aromatic heterocycles. The van der Waals surface area contributed by atoms with Gasteiger partial charge in [-0.25, -0.2) is 0 Å². The molecule has 3 aromatic rings. The summed E-state index contributed by atoms with van der Waals surface area (Å²) in [6.07, 6.45) is -0.0794. The van der Waals surface area contributed by atoms with E-state index in [4.69, 9.17) is 9.63 Å². The standard InChI is InChI=1S/C21H21N3O5/c1-12-9-13(2)20-16(24-29-17(20)10-12)11-18(25)23-15-5-3-14(4-6-15)21(28)22-8-7-19(26)27/h3-6,9-10H,7-8,11H2,1-2H3,(H,22,28)(H,23,25)(H,26,27). The second-order valence-electron chi connectivity index (χ2n) is 6.79. The average molecular weight is 395 g/mol. The summed E-state index contributed by atoms with van der Waals surface area (Å²) in [5.41, 5.74) is 4.21. The molecule has 1 heterocycles. The van der Waals surface area contributed by atoms with Gasteiger partial charge in [-0.15, -0.1) is 0 Å². The number of carbonyl (C=O) groups excluding carboxylic acids is 2. The summed E-state index contributed by atoms with van der Waals surface area (Å²) in [5, 5.41) is 18.8. The van der Waals surface area contributed by atoms with E-state index >= 15 is 0 Å². The Kier molecular flexibility index (Phi) is 5.92. The molecule has 0 aliphatic carbocycles. The number of benzene rings is 2. The normalized spacial score (nSPS) is 10.7. The molecule has 0 fully saturated rings. The Morgan fingerprint density at radius 1 is 1.10 bits per heavy atom. The molecule has 3 N–H and O–H groups in total. The molecule has 8 nitrogen and oxygen atoms in total. The van der Waals surface area contributed by atoms with Crippen LogP contribution in [-0.2, 0) is 16.0 Å². The minimum absolute atomic E-state index is 0.0528. The Balaban J connectivity index is 1.61. The van der Waals surface area contributed by atoms with Gasteiger partial charge in [-0.2, -0.15) is 0 Å². The van der Waals surface area contributed by atoms with Gasteiger partial charge < -0.3 is 20.3 Å². The predicted octanol–water partition coefficient (Wildman–Crippen LogP) is 2.83. The summed E-state index contributed by atoms with van der Waals surface area (Å²) in [5.74, 6) is -1.60. The highest BCUT2D eigenvalue weighted by molar-refractivity contribution is 5.97. The van der Waals surface area contributed by atoms with Crippen molar-refractivity contribution in [1.82, 2.24) is 10.5 Å². The molecule has 2 amide bonds. The molecule has 0 spiro atoms. The number of fused-ring (bicyclic) bond motifs is 1. The van der Waals surface area contributed by atoms with Crippen LogP contribution in [0.25, 0.3) is 11.0 Å². The first-order chi connectivity index (χ1) is 13.8. The molecule has 8 heteroatoms. The molecule has 0 atom stereocenters. The van der Waals surface area contributed by atoms with Crippen molar-refractivity contribution in [3.05, 3.63) is 58.8 Å². The van der Waals surface area contributed by atoms with Gasteiger partial charge >= 0.3 is 5.97 Å². The lowest BCUT2D eigenvalue weighted by Gasteiger charge is -2.07. The number of aromatic nitrogens is 1. The van der Waals surface area contributed by atoms with Crippen molar-refractivity contribution < 1.29 is 24.0 Å². The number of rotatable bonds is 7. The highest BCUT2D eigenvalue weighted by Gasteiger charge is 2.15. The van der Waals surface area contributed by atoms with E-state index in [1.807, 2.05) is 26.0 Å². The van der Waals surface area contributed by atoms with Crippen LogP contribution in [0.5, 0.6) is 0 Å². The Hall–Kier alpha value is -3.68. The second-order valence-corrected chi connectivity index (χ2v) is 6.79. The van der Waals surface area contributed by atoms with Gasteiger partial charge in [-0.3, -0.25) is 14.4 Å². The summed E-state index contributed by atoms with van der Waals surface area (Å²) in [6, 6.07) is 10.2. The first kappa shape index (κ1) is 20.1. The van der Waals surface area contributed by atoms with Crippen molar-refractivity contribution in [2.75, 3.05) is 11.9 Å². The molecule has 0 saturated carbocycles. The number of nitrogens with zero attached hydrogens (tertiary/aromatic N) is 1. The number of amides is 2. The molecule has 0 aliphatic heterocycles. The van der Waals surface area contributed by atoms with Crippen LogP contribution in [0.2, 0.25) is 0 Å². The lowest BCUT2D eigenvalue weighted by molar-refractivity contribution is -0.136. The number of aryl methyl sites for hydroxylation is 2. The fourth-order valence-electron chi connectivity index (χ4n) is 3.09. The number of nitrogens with one attached hydrogen (secondary N) is 2. The third kappa shape index (κ3) is 4.98. The smallest absolute Gasteiger partial charge is 0.305 e. The summed E-state index contributed by atoms with van der Waals surface area (Å²) in [4.78, 5) is 34.8. The third-order valence-corrected chi connectivity index (χ3v) is 4.37. The van der Waals surface area contributed by atoms with Crippen LogP contribution in [0.3, 0.4) is 0 Å². The third-order valence-electron chi connectivity index (χ3n) is 4.37. The van der Waals surface area contributed by atoms with Gasteiger partial charge in [0.05, 0.1) is 12.8 Å². The van der Waals surface area contributed by atoms with Gasteiger partial charge in [-0.1, -0.05) is 11.2 Å². The van der Waals surface area contributed by atoms with Crippen LogP contribution in [0.15, 0.2) is 40.9 Å². The monoisotopic (exact) mass is 395 g/mol. The molecule has 0 aliphatic rings. The van der Waals surface area contributed by atoms with Gasteiger partial charge in [0, 0.05) is 23.2 Å². The van der Waals surface area contributed by atoms with Crippen LogP contribution >= 0.6 is 0 Å². The zero-order chi connectivity index (χ0) is 21.0. The Morgan fingerprint density at radius 2 is 1.83 bits per heavy atom. The molecular formula is C21H21N3O5. The van der Waals surface area contributed by atoms with E-state index in [9.17, 15) is 14.4 Å². The topological polar surface area (TPSA) is 122 Å².